The second-order valence-corrected chi connectivity index (χ2v) is 3.20. The van der Waals surface area contributed by atoms with Crippen molar-refractivity contribution in [2.24, 2.45) is 5.73 Å². The third-order valence-electron chi connectivity index (χ3n) is 1.49. The Morgan fingerprint density at radius 3 is 2.38 bits per heavy atom. The van der Waals surface area contributed by atoms with Crippen molar-refractivity contribution in [3.05, 3.63) is 46.6 Å². The minimum absolute atomic E-state index is 0.100. The fourth-order valence-electron chi connectivity index (χ4n) is 0.904. The maximum Gasteiger partial charge on any atom is 0.187 e. The van der Waals surface area contributed by atoms with Gasteiger partial charge in [-0.15, -0.1) is 0 Å². The summed E-state index contributed by atoms with van der Waals surface area (Å²) in [5.41, 5.74) is 6.47. The highest BCUT2D eigenvalue weighted by molar-refractivity contribution is 6.30. The van der Waals surface area contributed by atoms with Gasteiger partial charge in [0.1, 0.15) is 0 Å². The van der Waals surface area contributed by atoms with Crippen LogP contribution in [0.2, 0.25) is 5.02 Å². The molecule has 2 N–H and O–H groups in total. The average Bonchev–Trinajstić information content (AvgIpc) is 2.04. The summed E-state index contributed by atoms with van der Waals surface area (Å²) in [4.78, 5) is 11.4. The third kappa shape index (κ3) is 2.92. The van der Waals surface area contributed by atoms with Gasteiger partial charge in [0.2, 0.25) is 0 Å². The summed E-state index contributed by atoms with van der Waals surface area (Å²) in [7, 11) is 0. The van der Waals surface area contributed by atoms with Crippen LogP contribution >= 0.6 is 11.6 Å². The van der Waals surface area contributed by atoms with Crippen molar-refractivity contribution in [1.82, 2.24) is 0 Å². The molecule has 0 amide bonds. The van der Waals surface area contributed by atoms with E-state index in [0.29, 0.717) is 16.3 Å². The zero-order valence-corrected chi connectivity index (χ0v) is 8.01. The van der Waals surface area contributed by atoms with E-state index in [4.69, 9.17) is 17.3 Å². The first-order valence-corrected chi connectivity index (χ1v) is 4.21. The Kier molecular flexibility index (Phi) is 3.09. The number of benzene rings is 1. The minimum Gasteiger partial charge on any atom is -0.402 e. The van der Waals surface area contributed by atoms with E-state index in [1.807, 2.05) is 0 Å². The predicted molar refractivity (Wildman–Crippen MR) is 53.7 cm³/mol. The van der Waals surface area contributed by atoms with Gasteiger partial charge in [0.15, 0.2) is 5.78 Å². The molecule has 0 saturated heterocycles. The highest BCUT2D eigenvalue weighted by atomic mass is 35.5. The smallest absolute Gasteiger partial charge is 0.187 e. The standard InChI is InChI=1S/C10H10ClNO/c1-7(12)6-10(13)8-2-4-9(11)5-3-8/h2-6H,12H2,1H3/b7-6+. The van der Waals surface area contributed by atoms with E-state index in [1.165, 1.54) is 6.08 Å². The van der Waals surface area contributed by atoms with Crippen molar-refractivity contribution in [3.63, 3.8) is 0 Å². The Morgan fingerprint density at radius 1 is 1.38 bits per heavy atom. The summed E-state index contributed by atoms with van der Waals surface area (Å²) in [6.07, 6.45) is 1.39. The molecule has 1 aromatic carbocycles. The fourth-order valence-corrected chi connectivity index (χ4v) is 1.03. The molecular formula is C10H10ClNO. The van der Waals surface area contributed by atoms with Gasteiger partial charge in [-0.25, -0.2) is 0 Å². The van der Waals surface area contributed by atoms with Crippen LogP contribution < -0.4 is 5.73 Å². The predicted octanol–water partition coefficient (Wildman–Crippen LogP) is 2.39. The van der Waals surface area contributed by atoms with Crippen molar-refractivity contribution in [3.8, 4) is 0 Å². The maximum atomic E-state index is 11.4. The highest BCUT2D eigenvalue weighted by Gasteiger charge is 2.01. The van der Waals surface area contributed by atoms with Crippen LogP contribution in [0.3, 0.4) is 0 Å². The van der Waals surface area contributed by atoms with E-state index in [1.54, 1.807) is 31.2 Å². The van der Waals surface area contributed by atoms with Crippen molar-refractivity contribution in [2.75, 3.05) is 0 Å². The second-order valence-electron chi connectivity index (χ2n) is 2.76. The van der Waals surface area contributed by atoms with E-state index < -0.39 is 0 Å². The monoisotopic (exact) mass is 195 g/mol. The number of ketones is 1. The highest BCUT2D eigenvalue weighted by Crippen LogP contribution is 2.10. The normalized spacial score (nSPS) is 11.4. The van der Waals surface area contributed by atoms with Gasteiger partial charge in [-0.05, 0) is 31.2 Å². The lowest BCUT2D eigenvalue weighted by Gasteiger charge is -1.96. The molecule has 13 heavy (non-hydrogen) atoms. The zero-order chi connectivity index (χ0) is 9.84. The van der Waals surface area contributed by atoms with Crippen LogP contribution in [0.25, 0.3) is 0 Å². The summed E-state index contributed by atoms with van der Waals surface area (Å²) in [5.74, 6) is -0.100. The first kappa shape index (κ1) is 9.81. The van der Waals surface area contributed by atoms with Gasteiger partial charge in [-0.2, -0.15) is 0 Å². The third-order valence-corrected chi connectivity index (χ3v) is 1.74. The van der Waals surface area contributed by atoms with Gasteiger partial charge in [-0.3, -0.25) is 4.79 Å². The molecule has 0 heterocycles. The van der Waals surface area contributed by atoms with Gasteiger partial charge < -0.3 is 5.73 Å². The minimum atomic E-state index is -0.100. The van der Waals surface area contributed by atoms with Crippen LogP contribution in [-0.4, -0.2) is 5.78 Å². The SMILES string of the molecule is C/C(N)=C\C(=O)c1ccc(Cl)cc1. The summed E-state index contributed by atoms with van der Waals surface area (Å²) in [5, 5.41) is 0.616. The van der Waals surface area contributed by atoms with Crippen molar-refractivity contribution in [1.29, 1.82) is 0 Å². The van der Waals surface area contributed by atoms with Crippen LogP contribution in [0.5, 0.6) is 0 Å². The first-order chi connectivity index (χ1) is 6.09. The van der Waals surface area contributed by atoms with Crippen LogP contribution in [0, 0.1) is 0 Å². The lowest BCUT2D eigenvalue weighted by atomic mass is 10.1. The molecular weight excluding hydrogens is 186 g/mol. The van der Waals surface area contributed by atoms with Gasteiger partial charge in [0, 0.05) is 22.4 Å². The summed E-state index contributed by atoms with van der Waals surface area (Å²) < 4.78 is 0. The van der Waals surface area contributed by atoms with Crippen molar-refractivity contribution >= 4 is 17.4 Å². The Balaban J connectivity index is 2.90. The molecule has 68 valence electrons. The van der Waals surface area contributed by atoms with Crippen LogP contribution in [-0.2, 0) is 0 Å². The topological polar surface area (TPSA) is 43.1 Å². The second kappa shape index (κ2) is 4.10. The number of hydrogen-bond donors (Lipinski definition) is 1. The molecule has 1 aromatic rings. The summed E-state index contributed by atoms with van der Waals surface area (Å²) in [6, 6.07) is 6.69. The Hall–Kier alpha value is -1.28. The van der Waals surface area contributed by atoms with E-state index in [9.17, 15) is 4.79 Å². The van der Waals surface area contributed by atoms with E-state index >= 15 is 0 Å². The number of carbonyl (C=O) groups excluding carboxylic acids is 1. The molecule has 2 nitrogen and oxygen atoms in total. The van der Waals surface area contributed by atoms with Crippen LogP contribution in [0.15, 0.2) is 36.0 Å². The Morgan fingerprint density at radius 2 is 1.92 bits per heavy atom. The fraction of sp³-hybridized carbons (Fsp3) is 0.100. The molecule has 0 aliphatic heterocycles. The van der Waals surface area contributed by atoms with Gasteiger partial charge in [-0.1, -0.05) is 11.6 Å². The lowest BCUT2D eigenvalue weighted by Crippen LogP contribution is -1.99. The summed E-state index contributed by atoms with van der Waals surface area (Å²) >= 11 is 5.67. The van der Waals surface area contributed by atoms with Crippen LogP contribution in [0.4, 0.5) is 0 Å². The molecule has 0 bridgehead atoms. The number of carbonyl (C=O) groups is 1. The number of rotatable bonds is 2. The van der Waals surface area contributed by atoms with Gasteiger partial charge in [0.25, 0.3) is 0 Å². The molecule has 0 radical (unpaired) electrons. The van der Waals surface area contributed by atoms with E-state index in [-0.39, 0.29) is 5.78 Å². The van der Waals surface area contributed by atoms with E-state index in [0.717, 1.165) is 0 Å². The largest absolute Gasteiger partial charge is 0.402 e. The Labute approximate surface area is 82.0 Å². The number of allylic oxidation sites excluding steroid dienone is 2. The lowest BCUT2D eigenvalue weighted by molar-refractivity contribution is 0.104. The molecule has 0 fully saturated rings. The number of hydrogen-bond acceptors (Lipinski definition) is 2. The summed E-state index contributed by atoms with van der Waals surface area (Å²) in [6.45, 7) is 1.67. The van der Waals surface area contributed by atoms with Crippen LogP contribution in [0.1, 0.15) is 17.3 Å². The molecule has 0 aromatic heterocycles. The van der Waals surface area contributed by atoms with Gasteiger partial charge >= 0.3 is 0 Å². The molecule has 0 spiro atoms. The van der Waals surface area contributed by atoms with Gasteiger partial charge in [0.05, 0.1) is 0 Å². The molecule has 0 saturated carbocycles. The quantitative estimate of drug-likeness (QED) is 0.582. The zero-order valence-electron chi connectivity index (χ0n) is 7.25. The van der Waals surface area contributed by atoms with Crippen molar-refractivity contribution in [2.45, 2.75) is 6.92 Å². The number of halogens is 1. The Bertz CT molecular complexity index is 336. The average molecular weight is 196 g/mol. The molecule has 0 unspecified atom stereocenters. The maximum absolute atomic E-state index is 11.4. The molecule has 0 aliphatic carbocycles. The first-order valence-electron chi connectivity index (χ1n) is 3.83. The molecule has 0 aliphatic rings. The molecule has 0 atom stereocenters. The molecule has 1 rings (SSSR count). The molecule has 3 heteroatoms. The number of nitrogens with two attached hydrogens (primary N) is 1. The van der Waals surface area contributed by atoms with E-state index in [2.05, 4.69) is 0 Å². The van der Waals surface area contributed by atoms with Crippen molar-refractivity contribution < 1.29 is 4.79 Å².